The fourth-order valence-electron chi connectivity index (χ4n) is 2.90. The van der Waals surface area contributed by atoms with Crippen molar-refractivity contribution in [3.05, 3.63) is 72.4 Å². The van der Waals surface area contributed by atoms with Gasteiger partial charge in [0, 0.05) is 22.9 Å². The molecule has 2 heterocycles. The van der Waals surface area contributed by atoms with Crippen molar-refractivity contribution in [1.82, 2.24) is 19.3 Å². The molecule has 0 spiro atoms. The average molecular weight is 393 g/mol. The first-order valence-corrected chi connectivity index (χ1v) is 10.2. The minimum absolute atomic E-state index is 0.209. The second-order valence-electron chi connectivity index (χ2n) is 6.31. The number of nitrogens with zero attached hydrogens (tertiary/aromatic N) is 3. The molecule has 0 aliphatic carbocycles. The molecule has 0 atom stereocenters. The van der Waals surface area contributed by atoms with E-state index < -0.39 is 10.0 Å². The van der Waals surface area contributed by atoms with E-state index in [1.54, 1.807) is 35.0 Å². The van der Waals surface area contributed by atoms with Crippen LogP contribution in [0.25, 0.3) is 16.9 Å². The zero-order chi connectivity index (χ0) is 19.7. The maximum Gasteiger partial charge on any atom is 0.240 e. The minimum atomic E-state index is -3.47. The van der Waals surface area contributed by atoms with Crippen LogP contribution in [0.15, 0.2) is 71.8 Å². The molecule has 142 valence electrons. The molecule has 0 aliphatic heterocycles. The van der Waals surface area contributed by atoms with Gasteiger partial charge in [-0.1, -0.05) is 30.3 Å². The standard InChI is InChI=1S/C20H19N5O2S/c1-14-13-22-25-19(12-18(24-20(14)25)15-6-4-3-5-7-15)23-16-8-10-17(11-9-16)28(26,27)21-2/h3-13,21,23H,1-2H3. The van der Waals surface area contributed by atoms with Gasteiger partial charge in [-0.25, -0.2) is 18.1 Å². The SMILES string of the molecule is CNS(=O)(=O)c1ccc(Nc2cc(-c3ccccc3)nc3c(C)cnn23)cc1. The van der Waals surface area contributed by atoms with Gasteiger partial charge in [-0.3, -0.25) is 0 Å². The van der Waals surface area contributed by atoms with Crippen LogP contribution in [0.2, 0.25) is 0 Å². The Morgan fingerprint density at radius 2 is 1.71 bits per heavy atom. The molecular formula is C20H19N5O2S. The van der Waals surface area contributed by atoms with Crippen LogP contribution in [-0.4, -0.2) is 30.1 Å². The molecule has 0 amide bonds. The van der Waals surface area contributed by atoms with Crippen molar-refractivity contribution in [2.75, 3.05) is 12.4 Å². The van der Waals surface area contributed by atoms with Crippen molar-refractivity contribution in [3.8, 4) is 11.3 Å². The Kier molecular flexibility index (Phi) is 4.58. The van der Waals surface area contributed by atoms with Crippen LogP contribution in [0.4, 0.5) is 11.5 Å². The van der Waals surface area contributed by atoms with E-state index in [1.165, 1.54) is 7.05 Å². The van der Waals surface area contributed by atoms with Crippen molar-refractivity contribution < 1.29 is 8.42 Å². The maximum absolute atomic E-state index is 11.9. The highest BCUT2D eigenvalue weighted by molar-refractivity contribution is 7.89. The first kappa shape index (κ1) is 18.1. The number of aromatic nitrogens is 3. The summed E-state index contributed by atoms with van der Waals surface area (Å²) in [5, 5.41) is 7.72. The lowest BCUT2D eigenvalue weighted by molar-refractivity contribution is 0.588. The predicted molar refractivity (Wildman–Crippen MR) is 109 cm³/mol. The van der Waals surface area contributed by atoms with E-state index in [9.17, 15) is 8.42 Å². The molecule has 28 heavy (non-hydrogen) atoms. The monoisotopic (exact) mass is 393 g/mol. The van der Waals surface area contributed by atoms with Crippen LogP contribution in [-0.2, 0) is 10.0 Å². The molecule has 0 unspecified atom stereocenters. The number of hydrogen-bond donors (Lipinski definition) is 2. The van der Waals surface area contributed by atoms with Crippen LogP contribution in [0.3, 0.4) is 0 Å². The third kappa shape index (κ3) is 3.35. The largest absolute Gasteiger partial charge is 0.340 e. The number of aryl methyl sites for hydroxylation is 1. The van der Waals surface area contributed by atoms with Gasteiger partial charge in [0.25, 0.3) is 0 Å². The lowest BCUT2D eigenvalue weighted by Gasteiger charge is -2.12. The second kappa shape index (κ2) is 7.06. The minimum Gasteiger partial charge on any atom is -0.340 e. The summed E-state index contributed by atoms with van der Waals surface area (Å²) in [6.07, 6.45) is 1.77. The van der Waals surface area contributed by atoms with E-state index in [0.717, 1.165) is 34.0 Å². The molecular weight excluding hydrogens is 374 g/mol. The number of fused-ring (bicyclic) bond motifs is 1. The molecule has 0 saturated heterocycles. The second-order valence-corrected chi connectivity index (χ2v) is 8.20. The number of hydrogen-bond acceptors (Lipinski definition) is 5. The molecule has 0 saturated carbocycles. The Labute approximate surface area is 163 Å². The summed E-state index contributed by atoms with van der Waals surface area (Å²) in [6.45, 7) is 1.96. The van der Waals surface area contributed by atoms with Gasteiger partial charge < -0.3 is 5.32 Å². The van der Waals surface area contributed by atoms with E-state index in [2.05, 4.69) is 15.1 Å². The summed E-state index contributed by atoms with van der Waals surface area (Å²) in [5.74, 6) is 0.737. The van der Waals surface area contributed by atoms with E-state index in [1.807, 2.05) is 43.3 Å². The van der Waals surface area contributed by atoms with Crippen molar-refractivity contribution in [1.29, 1.82) is 0 Å². The molecule has 0 radical (unpaired) electrons. The summed E-state index contributed by atoms with van der Waals surface area (Å²) in [5.41, 5.74) is 4.31. The maximum atomic E-state index is 11.9. The highest BCUT2D eigenvalue weighted by atomic mass is 32.2. The molecule has 7 nitrogen and oxygen atoms in total. The molecule has 0 bridgehead atoms. The quantitative estimate of drug-likeness (QED) is 0.543. The average Bonchev–Trinajstić information content (AvgIpc) is 3.10. The number of nitrogens with one attached hydrogen (secondary N) is 2. The van der Waals surface area contributed by atoms with Gasteiger partial charge in [0.05, 0.1) is 16.8 Å². The van der Waals surface area contributed by atoms with E-state index >= 15 is 0 Å². The fourth-order valence-corrected chi connectivity index (χ4v) is 3.63. The lowest BCUT2D eigenvalue weighted by Crippen LogP contribution is -2.18. The zero-order valence-electron chi connectivity index (χ0n) is 15.4. The Balaban J connectivity index is 1.76. The molecule has 2 aromatic carbocycles. The lowest BCUT2D eigenvalue weighted by atomic mass is 10.1. The molecule has 2 N–H and O–H groups in total. The number of anilines is 2. The smallest absolute Gasteiger partial charge is 0.240 e. The summed E-state index contributed by atoms with van der Waals surface area (Å²) in [6, 6.07) is 18.4. The highest BCUT2D eigenvalue weighted by Crippen LogP contribution is 2.26. The van der Waals surface area contributed by atoms with Gasteiger partial charge in [-0.05, 0) is 38.2 Å². The highest BCUT2D eigenvalue weighted by Gasteiger charge is 2.13. The molecule has 8 heteroatoms. The molecule has 2 aromatic heterocycles. The van der Waals surface area contributed by atoms with Crippen LogP contribution in [0, 0.1) is 6.92 Å². The number of rotatable bonds is 5. The topological polar surface area (TPSA) is 88.4 Å². The van der Waals surface area contributed by atoms with Crippen molar-refractivity contribution in [3.63, 3.8) is 0 Å². The van der Waals surface area contributed by atoms with Crippen LogP contribution >= 0.6 is 0 Å². The van der Waals surface area contributed by atoms with Crippen LogP contribution < -0.4 is 10.0 Å². The third-order valence-corrected chi connectivity index (χ3v) is 5.85. The van der Waals surface area contributed by atoms with Gasteiger partial charge in [0.2, 0.25) is 10.0 Å². The summed E-state index contributed by atoms with van der Waals surface area (Å²) in [7, 11) is -2.08. The summed E-state index contributed by atoms with van der Waals surface area (Å²) in [4.78, 5) is 4.95. The third-order valence-electron chi connectivity index (χ3n) is 4.42. The Morgan fingerprint density at radius 3 is 2.39 bits per heavy atom. The van der Waals surface area contributed by atoms with Gasteiger partial charge in [0.15, 0.2) is 5.65 Å². The molecule has 4 aromatic rings. The summed E-state index contributed by atoms with van der Waals surface area (Å²) < 4.78 is 27.8. The Bertz CT molecular complexity index is 1230. The van der Waals surface area contributed by atoms with Crippen LogP contribution in [0.1, 0.15) is 5.56 Å². The normalized spacial score (nSPS) is 11.6. The van der Waals surface area contributed by atoms with Gasteiger partial charge in [-0.2, -0.15) is 9.61 Å². The van der Waals surface area contributed by atoms with E-state index in [4.69, 9.17) is 4.98 Å². The summed E-state index contributed by atoms with van der Waals surface area (Å²) >= 11 is 0. The predicted octanol–water partition coefficient (Wildman–Crippen LogP) is 3.36. The number of benzene rings is 2. The van der Waals surface area contributed by atoms with Crippen LogP contribution in [0.5, 0.6) is 0 Å². The van der Waals surface area contributed by atoms with Crippen molar-refractivity contribution >= 4 is 27.2 Å². The number of sulfonamides is 1. The van der Waals surface area contributed by atoms with Crippen molar-refractivity contribution in [2.45, 2.75) is 11.8 Å². The first-order chi connectivity index (χ1) is 13.5. The first-order valence-electron chi connectivity index (χ1n) is 8.69. The zero-order valence-corrected chi connectivity index (χ0v) is 16.2. The van der Waals surface area contributed by atoms with E-state index in [0.29, 0.717) is 0 Å². The van der Waals surface area contributed by atoms with E-state index in [-0.39, 0.29) is 4.90 Å². The molecule has 0 aliphatic rings. The molecule has 4 rings (SSSR count). The van der Waals surface area contributed by atoms with Gasteiger partial charge in [0.1, 0.15) is 5.82 Å². The van der Waals surface area contributed by atoms with Crippen molar-refractivity contribution in [2.24, 2.45) is 0 Å². The molecule has 0 fully saturated rings. The van der Waals surface area contributed by atoms with Gasteiger partial charge >= 0.3 is 0 Å². The Morgan fingerprint density at radius 1 is 1.00 bits per heavy atom. The fraction of sp³-hybridized carbons (Fsp3) is 0.100. The van der Waals surface area contributed by atoms with Gasteiger partial charge in [-0.15, -0.1) is 0 Å². The Hall–Kier alpha value is -3.23.